The molecule has 4 nitrogen and oxygen atoms in total. The highest BCUT2D eigenvalue weighted by atomic mass is 16.1. The molecule has 0 atom stereocenters. The van der Waals surface area contributed by atoms with Crippen molar-refractivity contribution in [1.82, 2.24) is 10.3 Å². The molecule has 0 saturated heterocycles. The number of rotatable bonds is 10. The van der Waals surface area contributed by atoms with Gasteiger partial charge in [0, 0.05) is 28.2 Å². The van der Waals surface area contributed by atoms with Gasteiger partial charge in [-0.25, -0.2) is 0 Å². The first-order chi connectivity index (χ1) is 19.4. The van der Waals surface area contributed by atoms with Gasteiger partial charge < -0.3 is 15.1 Å². The van der Waals surface area contributed by atoms with Gasteiger partial charge in [0.1, 0.15) is 6.79 Å². The van der Waals surface area contributed by atoms with Gasteiger partial charge in [-0.05, 0) is 49.9 Å². The maximum Gasteiger partial charge on any atom is 0.152 e. The molecule has 0 spiro atoms. The molecular formula is C36H56N2O2. The number of hydrogen-bond acceptors (Lipinski definition) is 3. The zero-order valence-corrected chi connectivity index (χ0v) is 26.7. The highest BCUT2D eigenvalue weighted by Gasteiger charge is 2.12. The molecule has 3 aromatic rings. The average molecular weight is 549 g/mol. The summed E-state index contributed by atoms with van der Waals surface area (Å²) in [6.45, 7) is 25.6. The van der Waals surface area contributed by atoms with Gasteiger partial charge in [-0.1, -0.05) is 128 Å². The lowest BCUT2D eigenvalue weighted by molar-refractivity contribution is -0.0980. The largest absolute Gasteiger partial charge is 0.354 e. The van der Waals surface area contributed by atoms with E-state index in [0.29, 0.717) is 16.1 Å². The Kier molecular flexibility index (Phi) is 24.1. The topological polar surface area (TPSA) is 62.0 Å². The Morgan fingerprint density at radius 1 is 0.875 bits per heavy atom. The molecule has 4 heteroatoms. The fourth-order valence-corrected chi connectivity index (χ4v) is 3.95. The second-order valence-corrected chi connectivity index (χ2v) is 9.37. The maximum absolute atomic E-state index is 11.4. The van der Waals surface area contributed by atoms with Crippen molar-refractivity contribution in [2.75, 3.05) is 7.05 Å². The predicted molar refractivity (Wildman–Crippen MR) is 178 cm³/mol. The van der Waals surface area contributed by atoms with Gasteiger partial charge in [-0.2, -0.15) is 0 Å². The molecule has 0 saturated carbocycles. The predicted octanol–water partition coefficient (Wildman–Crippen LogP) is 7.97. The molecule has 222 valence electrons. The van der Waals surface area contributed by atoms with Crippen LogP contribution in [0.5, 0.6) is 0 Å². The Bertz CT molecular complexity index is 1150. The molecule has 0 aliphatic heterocycles. The van der Waals surface area contributed by atoms with E-state index in [1.807, 2.05) is 27.7 Å². The first-order valence-corrected chi connectivity index (χ1v) is 14.8. The number of nitrogens with one attached hydrogen (secondary N) is 2. The third-order valence-corrected chi connectivity index (χ3v) is 5.99. The summed E-state index contributed by atoms with van der Waals surface area (Å²) >= 11 is 0. The lowest BCUT2D eigenvalue weighted by Crippen LogP contribution is -2.20. The van der Waals surface area contributed by atoms with E-state index in [2.05, 4.69) is 101 Å². The number of aryl methyl sites for hydroxylation is 3. The highest BCUT2D eigenvalue weighted by Crippen LogP contribution is 2.25. The summed E-state index contributed by atoms with van der Waals surface area (Å²) in [5, 5.41) is 4.51. The van der Waals surface area contributed by atoms with E-state index in [1.54, 1.807) is 0 Å². The van der Waals surface area contributed by atoms with Crippen LogP contribution in [0.15, 0.2) is 42.5 Å². The number of hydrogen-bond donors (Lipinski definition) is 2. The normalized spacial score (nSPS) is 9.40. The van der Waals surface area contributed by atoms with Crippen LogP contribution in [0.1, 0.15) is 106 Å². The van der Waals surface area contributed by atoms with Crippen molar-refractivity contribution in [2.24, 2.45) is 0 Å². The summed E-state index contributed by atoms with van der Waals surface area (Å²) in [7, 11) is 1.96. The monoisotopic (exact) mass is 548 g/mol. The van der Waals surface area contributed by atoms with E-state index in [9.17, 15) is 4.79 Å². The molecule has 0 aliphatic rings. The van der Waals surface area contributed by atoms with Crippen molar-refractivity contribution < 1.29 is 9.59 Å². The van der Waals surface area contributed by atoms with Crippen molar-refractivity contribution in [3.8, 4) is 11.3 Å². The van der Waals surface area contributed by atoms with Crippen LogP contribution in [-0.4, -0.2) is 25.1 Å². The van der Waals surface area contributed by atoms with Crippen molar-refractivity contribution >= 4 is 26.2 Å². The van der Waals surface area contributed by atoms with Gasteiger partial charge >= 0.3 is 0 Å². The van der Waals surface area contributed by atoms with E-state index in [-0.39, 0.29) is 0 Å². The van der Waals surface area contributed by atoms with Crippen molar-refractivity contribution in [1.29, 1.82) is 0 Å². The van der Waals surface area contributed by atoms with Gasteiger partial charge in [-0.3, -0.25) is 4.79 Å². The number of aromatic amines is 1. The molecule has 0 radical (unpaired) electrons. The Morgan fingerprint density at radius 3 is 1.95 bits per heavy atom. The van der Waals surface area contributed by atoms with Crippen LogP contribution in [0.4, 0.5) is 0 Å². The molecule has 2 aromatic carbocycles. The van der Waals surface area contributed by atoms with Gasteiger partial charge in [0.05, 0.1) is 5.69 Å². The van der Waals surface area contributed by atoms with Crippen LogP contribution in [0.3, 0.4) is 0 Å². The SMILES string of the molecule is C=O.C=c1[nH]c(-c2ccc(CCCCCC)cc2CC)c(C=O)c1=C.CC.CCC.CNCc1ccc(C)cc1. The van der Waals surface area contributed by atoms with Crippen LogP contribution >= 0.6 is 0 Å². The number of carbonyl (C=O) groups is 2. The molecule has 0 amide bonds. The third kappa shape index (κ3) is 14.2. The lowest BCUT2D eigenvalue weighted by atomic mass is 9.95. The maximum atomic E-state index is 11.4. The molecule has 0 bridgehead atoms. The number of aromatic nitrogens is 1. The molecule has 0 aliphatic carbocycles. The van der Waals surface area contributed by atoms with Crippen molar-refractivity contribution in [2.45, 2.75) is 100.0 Å². The summed E-state index contributed by atoms with van der Waals surface area (Å²) in [5.74, 6) is 0. The van der Waals surface area contributed by atoms with Gasteiger partial charge in [0.15, 0.2) is 6.29 Å². The molecule has 1 aromatic heterocycles. The number of benzene rings is 2. The van der Waals surface area contributed by atoms with Crippen molar-refractivity contribution in [3.63, 3.8) is 0 Å². The van der Waals surface area contributed by atoms with E-state index in [1.165, 1.54) is 54.4 Å². The molecule has 2 N–H and O–H groups in total. The number of H-pyrrole nitrogens is 1. The number of carbonyl (C=O) groups excluding carboxylic acids is 2. The Labute approximate surface area is 245 Å². The second-order valence-electron chi connectivity index (χ2n) is 9.37. The smallest absolute Gasteiger partial charge is 0.152 e. The van der Waals surface area contributed by atoms with E-state index >= 15 is 0 Å². The van der Waals surface area contributed by atoms with Crippen molar-refractivity contribution in [3.05, 3.63) is 80.8 Å². The minimum absolute atomic E-state index is 0.625. The molecule has 3 rings (SSSR count). The highest BCUT2D eigenvalue weighted by molar-refractivity contribution is 5.87. The first kappa shape index (κ1) is 38.9. The second kappa shape index (κ2) is 24.8. The fraction of sp³-hybridized carbons (Fsp3) is 0.444. The van der Waals surface area contributed by atoms with Crippen LogP contribution in [-0.2, 0) is 24.2 Å². The molecule has 0 unspecified atom stereocenters. The van der Waals surface area contributed by atoms with Crippen LogP contribution in [0.25, 0.3) is 24.4 Å². The first-order valence-electron chi connectivity index (χ1n) is 14.8. The molecule has 1 heterocycles. The Balaban J connectivity index is 0. The minimum Gasteiger partial charge on any atom is -0.354 e. The molecule has 0 fully saturated rings. The summed E-state index contributed by atoms with van der Waals surface area (Å²) in [4.78, 5) is 22.6. The summed E-state index contributed by atoms with van der Waals surface area (Å²) in [5.41, 5.74) is 7.87. The average Bonchev–Trinajstić information content (AvgIpc) is 3.28. The Hall–Kier alpha value is -3.24. The van der Waals surface area contributed by atoms with Gasteiger partial charge in [0.2, 0.25) is 0 Å². The molecule has 40 heavy (non-hydrogen) atoms. The summed E-state index contributed by atoms with van der Waals surface area (Å²) < 4.78 is 0. The molecular weight excluding hydrogens is 492 g/mol. The quantitative estimate of drug-likeness (QED) is 0.199. The minimum atomic E-state index is 0.625. The van der Waals surface area contributed by atoms with Crippen LogP contribution < -0.4 is 15.9 Å². The van der Waals surface area contributed by atoms with E-state index < -0.39 is 0 Å². The zero-order chi connectivity index (χ0) is 30.9. The Morgan fingerprint density at radius 2 is 1.45 bits per heavy atom. The standard InChI is InChI=1S/C21H27NO.C9H13N.C3H8.C2H6.CH2O/c1-5-7-8-9-10-17-11-12-19(18(6-2)13-17)21-20(14-23)15(3)16(4)22-21;1-8-3-5-9(6-4-8)7-10-2;1-3-2;2*1-2/h11-14,22H,3-10H2,1-2H3;3-6,10H,7H2,1-2H3;3H2,1-2H3;1-2H3;1H2. The van der Waals surface area contributed by atoms with E-state index in [4.69, 9.17) is 4.79 Å². The third-order valence-electron chi connectivity index (χ3n) is 5.99. The summed E-state index contributed by atoms with van der Waals surface area (Å²) in [6, 6.07) is 15.1. The fourth-order valence-electron chi connectivity index (χ4n) is 3.95. The van der Waals surface area contributed by atoms with E-state index in [0.717, 1.165) is 36.9 Å². The van der Waals surface area contributed by atoms with Gasteiger partial charge in [0.25, 0.3) is 0 Å². The number of unbranched alkanes of at least 4 members (excludes halogenated alkanes) is 3. The summed E-state index contributed by atoms with van der Waals surface area (Å²) in [6.07, 6.45) is 9.30. The zero-order valence-electron chi connectivity index (χ0n) is 26.7. The van der Waals surface area contributed by atoms with Crippen LogP contribution in [0, 0.1) is 6.92 Å². The number of aldehydes is 1. The van der Waals surface area contributed by atoms with Crippen LogP contribution in [0.2, 0.25) is 0 Å². The van der Waals surface area contributed by atoms with Gasteiger partial charge in [-0.15, -0.1) is 0 Å². The lowest BCUT2D eigenvalue weighted by Gasteiger charge is -2.10.